The number of anilines is 2. The predicted octanol–water partition coefficient (Wildman–Crippen LogP) is 2.83. The van der Waals surface area contributed by atoms with E-state index in [1.54, 1.807) is 13.0 Å². The molecular formula is C12H22FN3. The SMILES string of the molecule is CC.Cc1cc(F)c(N)c(N(N)C(C)C)c1. The number of benzene rings is 1. The summed E-state index contributed by atoms with van der Waals surface area (Å²) in [5.74, 6) is 5.34. The van der Waals surface area contributed by atoms with Gasteiger partial charge in [-0.15, -0.1) is 0 Å². The first-order valence-corrected chi connectivity index (χ1v) is 5.53. The van der Waals surface area contributed by atoms with Gasteiger partial charge in [0.25, 0.3) is 0 Å². The van der Waals surface area contributed by atoms with Gasteiger partial charge < -0.3 is 10.7 Å². The summed E-state index contributed by atoms with van der Waals surface area (Å²) in [5, 5.41) is 1.46. The molecule has 0 aliphatic rings. The van der Waals surface area contributed by atoms with E-state index in [0.717, 1.165) is 5.56 Å². The Balaban J connectivity index is 0.00000106. The van der Waals surface area contributed by atoms with E-state index in [4.69, 9.17) is 11.6 Å². The zero-order valence-electron chi connectivity index (χ0n) is 10.7. The fourth-order valence-corrected chi connectivity index (χ4v) is 1.23. The Kier molecular flexibility index (Phi) is 5.82. The van der Waals surface area contributed by atoms with Crippen LogP contribution < -0.4 is 16.6 Å². The van der Waals surface area contributed by atoms with Crippen molar-refractivity contribution >= 4 is 11.4 Å². The fourth-order valence-electron chi connectivity index (χ4n) is 1.23. The van der Waals surface area contributed by atoms with Crippen molar-refractivity contribution in [3.8, 4) is 0 Å². The summed E-state index contributed by atoms with van der Waals surface area (Å²) in [6, 6.07) is 3.25. The summed E-state index contributed by atoms with van der Waals surface area (Å²) in [6.07, 6.45) is 0. The van der Waals surface area contributed by atoms with Crippen molar-refractivity contribution in [2.75, 3.05) is 10.7 Å². The Morgan fingerprint density at radius 1 is 1.25 bits per heavy atom. The Hall–Kier alpha value is -1.29. The van der Waals surface area contributed by atoms with Crippen molar-refractivity contribution in [2.24, 2.45) is 5.84 Å². The average Bonchev–Trinajstić information content (AvgIpc) is 2.25. The van der Waals surface area contributed by atoms with E-state index in [2.05, 4.69) is 0 Å². The average molecular weight is 227 g/mol. The van der Waals surface area contributed by atoms with Gasteiger partial charge in [0.1, 0.15) is 5.82 Å². The smallest absolute Gasteiger partial charge is 0.148 e. The van der Waals surface area contributed by atoms with Crippen LogP contribution >= 0.6 is 0 Å². The first-order chi connectivity index (χ1) is 7.43. The van der Waals surface area contributed by atoms with Crippen LogP contribution in [-0.4, -0.2) is 6.04 Å². The second kappa shape index (κ2) is 6.33. The first kappa shape index (κ1) is 14.7. The van der Waals surface area contributed by atoms with Gasteiger partial charge in [-0.05, 0) is 38.5 Å². The number of hydrogen-bond acceptors (Lipinski definition) is 3. The second-order valence-electron chi connectivity index (χ2n) is 3.68. The van der Waals surface area contributed by atoms with Gasteiger partial charge in [-0.25, -0.2) is 10.2 Å². The molecule has 16 heavy (non-hydrogen) atoms. The number of hydrogen-bond donors (Lipinski definition) is 2. The third kappa shape index (κ3) is 3.38. The summed E-state index contributed by atoms with van der Waals surface area (Å²) < 4.78 is 13.3. The van der Waals surface area contributed by atoms with E-state index in [1.807, 2.05) is 27.7 Å². The third-order valence-electron chi connectivity index (χ3n) is 2.09. The predicted molar refractivity (Wildman–Crippen MR) is 68.7 cm³/mol. The van der Waals surface area contributed by atoms with Crippen LogP contribution in [0.1, 0.15) is 33.3 Å². The lowest BCUT2D eigenvalue weighted by Gasteiger charge is -2.25. The zero-order valence-corrected chi connectivity index (χ0v) is 10.7. The van der Waals surface area contributed by atoms with Crippen LogP contribution in [0.3, 0.4) is 0 Å². The summed E-state index contributed by atoms with van der Waals surface area (Å²) in [4.78, 5) is 0. The molecule has 92 valence electrons. The van der Waals surface area contributed by atoms with E-state index in [0.29, 0.717) is 5.69 Å². The van der Waals surface area contributed by atoms with E-state index in [9.17, 15) is 4.39 Å². The summed E-state index contributed by atoms with van der Waals surface area (Å²) in [7, 11) is 0. The number of rotatable bonds is 2. The maximum atomic E-state index is 13.3. The number of nitrogens with two attached hydrogens (primary N) is 2. The molecule has 0 heterocycles. The monoisotopic (exact) mass is 227 g/mol. The number of halogens is 1. The number of nitrogens with zero attached hydrogens (tertiary/aromatic N) is 1. The lowest BCUT2D eigenvalue weighted by Crippen LogP contribution is -2.38. The van der Waals surface area contributed by atoms with E-state index in [-0.39, 0.29) is 11.7 Å². The molecule has 0 saturated heterocycles. The zero-order chi connectivity index (χ0) is 12.9. The highest BCUT2D eigenvalue weighted by Gasteiger charge is 2.13. The molecular weight excluding hydrogens is 205 g/mol. The summed E-state index contributed by atoms with van der Waals surface area (Å²) in [6.45, 7) is 9.64. The van der Waals surface area contributed by atoms with Crippen molar-refractivity contribution in [1.82, 2.24) is 0 Å². The van der Waals surface area contributed by atoms with Crippen LogP contribution in [0.5, 0.6) is 0 Å². The molecule has 0 aliphatic carbocycles. The Morgan fingerprint density at radius 3 is 2.19 bits per heavy atom. The minimum Gasteiger partial charge on any atom is -0.395 e. The summed E-state index contributed by atoms with van der Waals surface area (Å²) >= 11 is 0. The molecule has 0 spiro atoms. The molecule has 1 aromatic rings. The maximum Gasteiger partial charge on any atom is 0.148 e. The van der Waals surface area contributed by atoms with E-state index < -0.39 is 5.82 Å². The lowest BCUT2D eigenvalue weighted by atomic mass is 10.1. The Morgan fingerprint density at radius 2 is 1.75 bits per heavy atom. The van der Waals surface area contributed by atoms with Crippen molar-refractivity contribution in [2.45, 2.75) is 40.7 Å². The molecule has 1 rings (SSSR count). The van der Waals surface area contributed by atoms with Gasteiger partial charge in [0.05, 0.1) is 11.4 Å². The van der Waals surface area contributed by atoms with Crippen LogP contribution in [0.2, 0.25) is 0 Å². The molecule has 0 aromatic heterocycles. The number of nitrogen functional groups attached to an aromatic ring is 1. The largest absolute Gasteiger partial charge is 0.395 e. The van der Waals surface area contributed by atoms with Crippen LogP contribution in [0.15, 0.2) is 12.1 Å². The highest BCUT2D eigenvalue weighted by molar-refractivity contribution is 5.68. The quantitative estimate of drug-likeness (QED) is 0.464. The minimum absolute atomic E-state index is 0.0819. The van der Waals surface area contributed by atoms with E-state index >= 15 is 0 Å². The molecule has 4 N–H and O–H groups in total. The van der Waals surface area contributed by atoms with Gasteiger partial charge in [-0.2, -0.15) is 0 Å². The first-order valence-electron chi connectivity index (χ1n) is 5.53. The van der Waals surface area contributed by atoms with Gasteiger partial charge in [0, 0.05) is 6.04 Å². The molecule has 0 fully saturated rings. The van der Waals surface area contributed by atoms with E-state index in [1.165, 1.54) is 11.1 Å². The topological polar surface area (TPSA) is 55.3 Å². The Bertz CT molecular complexity index is 337. The highest BCUT2D eigenvalue weighted by atomic mass is 19.1. The van der Waals surface area contributed by atoms with Crippen LogP contribution in [0.4, 0.5) is 15.8 Å². The molecule has 1 aromatic carbocycles. The molecule has 4 heteroatoms. The van der Waals surface area contributed by atoms with Crippen molar-refractivity contribution in [3.63, 3.8) is 0 Å². The minimum atomic E-state index is -0.420. The molecule has 0 saturated carbocycles. The van der Waals surface area contributed by atoms with Gasteiger partial charge >= 0.3 is 0 Å². The molecule has 0 amide bonds. The molecule has 0 atom stereocenters. The number of aryl methyl sites for hydroxylation is 1. The van der Waals surface area contributed by atoms with Crippen molar-refractivity contribution in [1.29, 1.82) is 0 Å². The lowest BCUT2D eigenvalue weighted by molar-refractivity contribution is 0.628. The number of hydrazine groups is 1. The highest BCUT2D eigenvalue weighted by Crippen LogP contribution is 2.26. The van der Waals surface area contributed by atoms with Crippen molar-refractivity contribution < 1.29 is 4.39 Å². The van der Waals surface area contributed by atoms with Crippen LogP contribution in [0, 0.1) is 12.7 Å². The van der Waals surface area contributed by atoms with Gasteiger partial charge in [0.15, 0.2) is 0 Å². The molecule has 0 bridgehead atoms. The molecule has 0 radical (unpaired) electrons. The fraction of sp³-hybridized carbons (Fsp3) is 0.500. The summed E-state index contributed by atoms with van der Waals surface area (Å²) in [5.41, 5.74) is 7.04. The maximum absolute atomic E-state index is 13.3. The second-order valence-corrected chi connectivity index (χ2v) is 3.68. The standard InChI is InChI=1S/C10H16FN3.C2H6/c1-6(2)14(13)9-5-7(3)4-8(11)10(9)12;1-2/h4-6H,12-13H2,1-3H3;1-2H3. The molecule has 0 aliphatic heterocycles. The van der Waals surface area contributed by atoms with Gasteiger partial charge in [-0.3, -0.25) is 0 Å². The van der Waals surface area contributed by atoms with Gasteiger partial charge in [-0.1, -0.05) is 13.8 Å². The molecule has 0 unspecified atom stereocenters. The van der Waals surface area contributed by atoms with Crippen molar-refractivity contribution in [3.05, 3.63) is 23.5 Å². The van der Waals surface area contributed by atoms with Crippen LogP contribution in [0.25, 0.3) is 0 Å². The third-order valence-corrected chi connectivity index (χ3v) is 2.09. The van der Waals surface area contributed by atoms with Gasteiger partial charge in [0.2, 0.25) is 0 Å². The normalized spacial score (nSPS) is 9.75. The van der Waals surface area contributed by atoms with Crippen LogP contribution in [-0.2, 0) is 0 Å². The molecule has 3 nitrogen and oxygen atoms in total. The Labute approximate surface area is 97.2 Å².